The third-order valence-electron chi connectivity index (χ3n) is 4.59. The number of fused-ring (bicyclic) bond motifs is 1. The zero-order chi connectivity index (χ0) is 18.8. The van der Waals surface area contributed by atoms with Crippen LogP contribution >= 0.6 is 0 Å². The SMILES string of the molecule is CCC#Cc1ccc2c(n1)C(=O)N(Cc1ccc(-c3cnn(C)c3)cc1)C2. The van der Waals surface area contributed by atoms with Crippen molar-refractivity contribution in [2.75, 3.05) is 0 Å². The molecular formula is C22H20N4O. The highest BCUT2D eigenvalue weighted by Crippen LogP contribution is 2.24. The molecule has 1 amide bonds. The molecule has 0 N–H and O–H groups in total. The Kier molecular flexibility index (Phi) is 4.47. The van der Waals surface area contributed by atoms with Crippen molar-refractivity contribution in [1.82, 2.24) is 19.7 Å². The molecule has 27 heavy (non-hydrogen) atoms. The van der Waals surface area contributed by atoms with Gasteiger partial charge in [0.25, 0.3) is 5.91 Å². The van der Waals surface area contributed by atoms with Gasteiger partial charge in [0, 0.05) is 43.9 Å². The Labute approximate surface area is 158 Å². The number of amides is 1. The lowest BCUT2D eigenvalue weighted by Gasteiger charge is -2.15. The first kappa shape index (κ1) is 17.0. The second-order valence-corrected chi connectivity index (χ2v) is 6.62. The van der Waals surface area contributed by atoms with E-state index in [0.717, 1.165) is 28.7 Å². The molecule has 134 valence electrons. The van der Waals surface area contributed by atoms with Crippen LogP contribution in [0.15, 0.2) is 48.8 Å². The van der Waals surface area contributed by atoms with Gasteiger partial charge in [0.15, 0.2) is 0 Å². The normalized spacial score (nSPS) is 12.7. The fourth-order valence-corrected chi connectivity index (χ4v) is 3.20. The highest BCUT2D eigenvalue weighted by molar-refractivity contribution is 5.96. The summed E-state index contributed by atoms with van der Waals surface area (Å²) in [5, 5.41) is 4.20. The third-order valence-corrected chi connectivity index (χ3v) is 4.59. The Bertz CT molecular complexity index is 1050. The molecule has 0 atom stereocenters. The zero-order valence-electron chi connectivity index (χ0n) is 15.4. The Hall–Kier alpha value is -3.39. The minimum Gasteiger partial charge on any atom is -0.329 e. The van der Waals surface area contributed by atoms with Crippen LogP contribution in [0.25, 0.3) is 11.1 Å². The van der Waals surface area contributed by atoms with Crippen LogP contribution in [-0.4, -0.2) is 25.6 Å². The van der Waals surface area contributed by atoms with Crippen LogP contribution in [-0.2, 0) is 20.1 Å². The van der Waals surface area contributed by atoms with Crippen LogP contribution in [0.4, 0.5) is 0 Å². The molecule has 0 unspecified atom stereocenters. The van der Waals surface area contributed by atoms with Gasteiger partial charge in [0.05, 0.1) is 6.20 Å². The number of hydrogen-bond donors (Lipinski definition) is 0. The lowest BCUT2D eigenvalue weighted by atomic mass is 10.1. The number of aryl methyl sites for hydroxylation is 1. The van der Waals surface area contributed by atoms with Gasteiger partial charge in [-0.3, -0.25) is 9.48 Å². The molecule has 0 spiro atoms. The van der Waals surface area contributed by atoms with Gasteiger partial charge in [-0.2, -0.15) is 5.10 Å². The highest BCUT2D eigenvalue weighted by atomic mass is 16.2. The summed E-state index contributed by atoms with van der Waals surface area (Å²) in [5.41, 5.74) is 5.45. The first-order valence-electron chi connectivity index (χ1n) is 9.00. The molecule has 1 aromatic carbocycles. The van der Waals surface area contributed by atoms with Gasteiger partial charge in [0.2, 0.25) is 0 Å². The van der Waals surface area contributed by atoms with Crippen molar-refractivity contribution < 1.29 is 4.79 Å². The number of pyridine rings is 1. The van der Waals surface area contributed by atoms with Crippen molar-refractivity contribution in [3.8, 4) is 23.0 Å². The Morgan fingerprint density at radius 1 is 1.11 bits per heavy atom. The second-order valence-electron chi connectivity index (χ2n) is 6.62. The Morgan fingerprint density at radius 3 is 2.63 bits per heavy atom. The van der Waals surface area contributed by atoms with Crippen molar-refractivity contribution in [3.05, 3.63) is 71.3 Å². The maximum atomic E-state index is 12.7. The topological polar surface area (TPSA) is 51.0 Å². The average Bonchev–Trinajstić information content (AvgIpc) is 3.25. The van der Waals surface area contributed by atoms with Gasteiger partial charge in [-0.15, -0.1) is 0 Å². The van der Waals surface area contributed by atoms with Crippen LogP contribution < -0.4 is 0 Å². The first-order chi connectivity index (χ1) is 13.1. The summed E-state index contributed by atoms with van der Waals surface area (Å²) >= 11 is 0. The van der Waals surface area contributed by atoms with Gasteiger partial charge in [-0.05, 0) is 23.1 Å². The number of benzene rings is 1. The van der Waals surface area contributed by atoms with E-state index in [-0.39, 0.29) is 5.91 Å². The van der Waals surface area contributed by atoms with Crippen molar-refractivity contribution >= 4 is 5.91 Å². The number of carbonyl (C=O) groups excluding carboxylic acids is 1. The lowest BCUT2D eigenvalue weighted by Crippen LogP contribution is -2.23. The molecule has 1 aliphatic rings. The van der Waals surface area contributed by atoms with Crippen molar-refractivity contribution in [2.45, 2.75) is 26.4 Å². The number of rotatable bonds is 3. The molecule has 0 saturated carbocycles. The van der Waals surface area contributed by atoms with E-state index in [1.54, 1.807) is 4.68 Å². The first-order valence-corrected chi connectivity index (χ1v) is 9.00. The molecule has 2 aromatic heterocycles. The van der Waals surface area contributed by atoms with E-state index in [2.05, 4.69) is 46.2 Å². The molecule has 5 nitrogen and oxygen atoms in total. The van der Waals surface area contributed by atoms with E-state index in [9.17, 15) is 4.79 Å². The standard InChI is InChI=1S/C22H20N4O/c1-3-4-5-20-11-10-18-15-26(22(27)21(18)24-20)13-16-6-8-17(9-7-16)19-12-23-25(2)14-19/h6-12,14H,3,13,15H2,1-2H3. The fourth-order valence-electron chi connectivity index (χ4n) is 3.20. The van der Waals surface area contributed by atoms with E-state index < -0.39 is 0 Å². The lowest BCUT2D eigenvalue weighted by molar-refractivity contribution is 0.0762. The molecule has 5 heteroatoms. The molecule has 0 bridgehead atoms. The van der Waals surface area contributed by atoms with E-state index in [1.807, 2.05) is 43.4 Å². The minimum absolute atomic E-state index is 0.0264. The van der Waals surface area contributed by atoms with Crippen LogP contribution in [0.1, 0.15) is 40.7 Å². The van der Waals surface area contributed by atoms with E-state index in [0.29, 0.717) is 24.5 Å². The summed E-state index contributed by atoms with van der Waals surface area (Å²) in [6.45, 7) is 3.15. The van der Waals surface area contributed by atoms with Gasteiger partial charge in [-0.1, -0.05) is 43.2 Å². The van der Waals surface area contributed by atoms with Crippen LogP contribution in [0.3, 0.4) is 0 Å². The number of aromatic nitrogens is 3. The van der Waals surface area contributed by atoms with E-state index in [1.165, 1.54) is 0 Å². The molecule has 3 heterocycles. The third kappa shape index (κ3) is 3.47. The predicted octanol–water partition coefficient (Wildman–Crippen LogP) is 3.40. The van der Waals surface area contributed by atoms with E-state index >= 15 is 0 Å². The highest BCUT2D eigenvalue weighted by Gasteiger charge is 2.29. The number of carbonyl (C=O) groups is 1. The second kappa shape index (κ2) is 7.08. The molecule has 1 aliphatic heterocycles. The summed E-state index contributed by atoms with van der Waals surface area (Å²) in [6.07, 6.45) is 4.61. The van der Waals surface area contributed by atoms with Crippen molar-refractivity contribution in [3.63, 3.8) is 0 Å². The van der Waals surface area contributed by atoms with Gasteiger partial charge < -0.3 is 4.90 Å². The quantitative estimate of drug-likeness (QED) is 0.676. The van der Waals surface area contributed by atoms with Crippen LogP contribution in [0, 0.1) is 11.8 Å². The minimum atomic E-state index is -0.0264. The maximum absolute atomic E-state index is 12.7. The predicted molar refractivity (Wildman–Crippen MR) is 104 cm³/mol. The number of nitrogens with zero attached hydrogens (tertiary/aromatic N) is 4. The largest absolute Gasteiger partial charge is 0.329 e. The molecule has 3 aromatic rings. The average molecular weight is 356 g/mol. The summed E-state index contributed by atoms with van der Waals surface area (Å²) in [7, 11) is 1.90. The maximum Gasteiger partial charge on any atom is 0.273 e. The van der Waals surface area contributed by atoms with E-state index in [4.69, 9.17) is 0 Å². The summed E-state index contributed by atoms with van der Waals surface area (Å²) < 4.78 is 1.79. The van der Waals surface area contributed by atoms with Crippen LogP contribution in [0.2, 0.25) is 0 Å². The van der Waals surface area contributed by atoms with Crippen LogP contribution in [0.5, 0.6) is 0 Å². The summed E-state index contributed by atoms with van der Waals surface area (Å²) in [5.74, 6) is 5.97. The molecule has 0 aliphatic carbocycles. The molecule has 0 fully saturated rings. The monoisotopic (exact) mass is 356 g/mol. The molecule has 4 rings (SSSR count). The van der Waals surface area contributed by atoms with Gasteiger partial charge in [-0.25, -0.2) is 4.98 Å². The molecule has 0 saturated heterocycles. The molecule has 0 radical (unpaired) electrons. The van der Waals surface area contributed by atoms with Gasteiger partial charge in [0.1, 0.15) is 11.4 Å². The smallest absolute Gasteiger partial charge is 0.273 e. The van der Waals surface area contributed by atoms with Crippen molar-refractivity contribution in [1.29, 1.82) is 0 Å². The Balaban J connectivity index is 1.49. The fraction of sp³-hybridized carbons (Fsp3) is 0.227. The van der Waals surface area contributed by atoms with Crippen molar-refractivity contribution in [2.24, 2.45) is 7.05 Å². The molecular weight excluding hydrogens is 336 g/mol. The summed E-state index contributed by atoms with van der Waals surface area (Å²) in [4.78, 5) is 19.0. The number of hydrogen-bond acceptors (Lipinski definition) is 3. The summed E-state index contributed by atoms with van der Waals surface area (Å²) in [6, 6.07) is 12.1. The Morgan fingerprint density at radius 2 is 1.93 bits per heavy atom. The van der Waals surface area contributed by atoms with Gasteiger partial charge >= 0.3 is 0 Å². The zero-order valence-corrected chi connectivity index (χ0v) is 15.4.